The number of nitrogens with one attached hydrogen (secondary N) is 2. The lowest BCUT2D eigenvalue weighted by Gasteiger charge is -2.34. The molecule has 5 rings (SSSR count). The van der Waals surface area contributed by atoms with Gasteiger partial charge in [-0.2, -0.15) is 10.5 Å². The van der Waals surface area contributed by atoms with Crippen LogP contribution in [-0.4, -0.2) is 80.4 Å². The summed E-state index contributed by atoms with van der Waals surface area (Å²) >= 11 is 0. The van der Waals surface area contributed by atoms with E-state index in [1.807, 2.05) is 74.3 Å². The molecule has 0 spiro atoms. The molecule has 49 heavy (non-hydrogen) atoms. The summed E-state index contributed by atoms with van der Waals surface area (Å²) < 4.78 is 9.51. The van der Waals surface area contributed by atoms with Gasteiger partial charge >= 0.3 is 6.09 Å². The first-order valence-electron chi connectivity index (χ1n) is 16.2. The largest absolute Gasteiger partial charge is 0.444 e. The van der Waals surface area contributed by atoms with Crippen molar-refractivity contribution in [2.75, 3.05) is 32.7 Å². The van der Waals surface area contributed by atoms with Crippen molar-refractivity contribution in [3.63, 3.8) is 0 Å². The molecule has 0 bridgehead atoms. The van der Waals surface area contributed by atoms with E-state index in [4.69, 9.17) is 21.0 Å². The Morgan fingerprint density at radius 1 is 0.918 bits per heavy atom. The van der Waals surface area contributed by atoms with Crippen molar-refractivity contribution in [1.29, 1.82) is 10.5 Å². The van der Waals surface area contributed by atoms with Crippen molar-refractivity contribution in [3.8, 4) is 12.1 Å². The van der Waals surface area contributed by atoms with Gasteiger partial charge in [0.2, 0.25) is 5.91 Å². The summed E-state index contributed by atoms with van der Waals surface area (Å²) in [7, 11) is 0. The quantitative estimate of drug-likeness (QED) is 0.230. The standard InChI is InChI=1S/C23H30N6O3.C13H14N4/c1-23(2,3)32-22(31)28-11-10-26-20(15-28)21(30)27-9-8-19-13-25-16-29(19)14-18-6-4-17(12-24)5-7-18;14-6-5-13-8-16-10-17(13)9-12-3-1-11(7-15)2-4-12/h4-7,13,16,20,26H,8-11,14-15H2,1-3H3,(H,27,30);1-4,8,10H,5-6,9,14H2/t20-;/m1./s1. The van der Waals surface area contributed by atoms with Gasteiger partial charge in [0, 0.05) is 75.9 Å². The molecular formula is C36H44N10O3. The summed E-state index contributed by atoms with van der Waals surface area (Å²) in [5.74, 6) is -0.142. The Hall–Kier alpha value is -5.50. The average molecular weight is 665 g/mol. The molecule has 0 radical (unpaired) electrons. The van der Waals surface area contributed by atoms with Gasteiger partial charge in [0.1, 0.15) is 11.6 Å². The summed E-state index contributed by atoms with van der Waals surface area (Å²) in [6.07, 6.45) is 8.26. The first-order valence-corrected chi connectivity index (χ1v) is 16.2. The van der Waals surface area contributed by atoms with Crippen LogP contribution >= 0.6 is 0 Å². The summed E-state index contributed by atoms with van der Waals surface area (Å²) in [6, 6.07) is 18.8. The predicted molar refractivity (Wildman–Crippen MR) is 184 cm³/mol. The van der Waals surface area contributed by atoms with Crippen molar-refractivity contribution >= 4 is 12.0 Å². The zero-order valence-corrected chi connectivity index (χ0v) is 28.3. The lowest BCUT2D eigenvalue weighted by atomic mass is 10.1. The maximum atomic E-state index is 12.6. The van der Waals surface area contributed by atoms with E-state index in [0.717, 1.165) is 35.5 Å². The molecule has 1 aliphatic rings. The third kappa shape index (κ3) is 11.3. The summed E-state index contributed by atoms with van der Waals surface area (Å²) in [4.78, 5) is 34.8. The zero-order valence-electron chi connectivity index (χ0n) is 28.3. The normalized spacial score (nSPS) is 14.2. The highest BCUT2D eigenvalue weighted by Crippen LogP contribution is 2.13. The number of nitriles is 2. The number of ether oxygens (including phenoxy) is 1. The molecule has 0 aliphatic carbocycles. The molecule has 4 N–H and O–H groups in total. The number of piperazine rings is 1. The van der Waals surface area contributed by atoms with Crippen LogP contribution in [0.4, 0.5) is 4.79 Å². The van der Waals surface area contributed by atoms with Crippen LogP contribution in [0.2, 0.25) is 0 Å². The summed E-state index contributed by atoms with van der Waals surface area (Å²) in [5.41, 5.74) is 10.6. The van der Waals surface area contributed by atoms with Crippen molar-refractivity contribution in [3.05, 3.63) is 107 Å². The molecular weight excluding hydrogens is 620 g/mol. The minimum Gasteiger partial charge on any atom is -0.444 e. The summed E-state index contributed by atoms with van der Waals surface area (Å²) in [6.45, 7) is 9.28. The molecule has 4 aromatic rings. The number of hydrogen-bond acceptors (Lipinski definition) is 9. The second kappa shape index (κ2) is 17.6. The highest BCUT2D eigenvalue weighted by molar-refractivity contribution is 5.83. The third-order valence-corrected chi connectivity index (χ3v) is 7.69. The molecule has 1 atom stereocenters. The SMILES string of the molecule is CC(C)(C)OC(=O)N1CCN[C@@H](C(=O)NCCc2cncn2Cc2ccc(C#N)cc2)C1.N#Cc1ccc(Cn2cncc2CCN)cc1. The first-order chi connectivity index (χ1) is 23.6. The van der Waals surface area contributed by atoms with Crippen molar-refractivity contribution in [1.82, 2.24) is 34.6 Å². The highest BCUT2D eigenvalue weighted by Gasteiger charge is 2.30. The zero-order chi connectivity index (χ0) is 35.2. The Kier molecular flexibility index (Phi) is 13.0. The Balaban J connectivity index is 0.000000266. The number of nitrogens with zero attached hydrogens (tertiary/aromatic N) is 7. The molecule has 1 aliphatic heterocycles. The maximum absolute atomic E-state index is 12.6. The van der Waals surface area contributed by atoms with Gasteiger partial charge in [0.05, 0.1) is 35.9 Å². The van der Waals surface area contributed by atoms with Gasteiger partial charge in [-0.1, -0.05) is 24.3 Å². The van der Waals surface area contributed by atoms with Gasteiger partial charge in [-0.15, -0.1) is 0 Å². The second-order valence-electron chi connectivity index (χ2n) is 12.7. The number of benzene rings is 2. The van der Waals surface area contributed by atoms with E-state index in [0.29, 0.717) is 50.3 Å². The molecule has 0 saturated carbocycles. The minimum absolute atomic E-state index is 0.142. The second-order valence-corrected chi connectivity index (χ2v) is 12.7. The van der Waals surface area contributed by atoms with Gasteiger partial charge in [0.25, 0.3) is 0 Å². The van der Waals surface area contributed by atoms with E-state index in [-0.39, 0.29) is 12.5 Å². The number of rotatable bonds is 10. The van der Waals surface area contributed by atoms with Crippen LogP contribution < -0.4 is 16.4 Å². The fourth-order valence-corrected chi connectivity index (χ4v) is 5.16. The van der Waals surface area contributed by atoms with Crippen LogP contribution in [0.5, 0.6) is 0 Å². The monoisotopic (exact) mass is 664 g/mol. The highest BCUT2D eigenvalue weighted by atomic mass is 16.6. The first kappa shape index (κ1) is 36.3. The van der Waals surface area contributed by atoms with E-state index >= 15 is 0 Å². The average Bonchev–Trinajstić information content (AvgIpc) is 3.74. The third-order valence-electron chi connectivity index (χ3n) is 7.69. The molecule has 2 amide bonds. The van der Waals surface area contributed by atoms with Crippen LogP contribution in [0, 0.1) is 22.7 Å². The Morgan fingerprint density at radius 2 is 1.45 bits per heavy atom. The van der Waals surface area contributed by atoms with Crippen molar-refractivity contribution < 1.29 is 14.3 Å². The molecule has 2 aromatic heterocycles. The van der Waals surface area contributed by atoms with Crippen molar-refractivity contribution in [2.24, 2.45) is 5.73 Å². The van der Waals surface area contributed by atoms with E-state index in [2.05, 4.69) is 37.3 Å². The molecule has 3 heterocycles. The van der Waals surface area contributed by atoms with Crippen LogP contribution in [0.1, 0.15) is 54.4 Å². The Labute approximate surface area is 287 Å². The lowest BCUT2D eigenvalue weighted by Crippen LogP contribution is -2.59. The number of carbonyl (C=O) groups excluding carboxylic acids is 2. The fourth-order valence-electron chi connectivity index (χ4n) is 5.16. The van der Waals surface area contributed by atoms with Crippen molar-refractivity contribution in [2.45, 2.75) is 58.3 Å². The predicted octanol–water partition coefficient (Wildman–Crippen LogP) is 2.97. The van der Waals surface area contributed by atoms with Crippen LogP contribution in [0.3, 0.4) is 0 Å². The number of nitrogens with two attached hydrogens (primary N) is 1. The van der Waals surface area contributed by atoms with Crippen LogP contribution in [-0.2, 0) is 35.5 Å². The van der Waals surface area contributed by atoms with E-state index < -0.39 is 17.7 Å². The van der Waals surface area contributed by atoms with Gasteiger partial charge in [-0.05, 0) is 62.7 Å². The topological polar surface area (TPSA) is 180 Å². The molecule has 1 fully saturated rings. The number of hydrogen-bond donors (Lipinski definition) is 3. The molecule has 0 unspecified atom stereocenters. The van der Waals surface area contributed by atoms with Gasteiger partial charge in [0.15, 0.2) is 0 Å². The number of aromatic nitrogens is 4. The molecule has 13 nitrogen and oxygen atoms in total. The number of carbonyl (C=O) groups is 2. The van der Waals surface area contributed by atoms with Gasteiger partial charge in [-0.25, -0.2) is 14.8 Å². The Bertz CT molecular complexity index is 1740. The maximum Gasteiger partial charge on any atom is 0.410 e. The smallest absolute Gasteiger partial charge is 0.410 e. The number of amides is 2. The molecule has 13 heteroatoms. The molecule has 2 aromatic carbocycles. The number of imidazole rings is 2. The Morgan fingerprint density at radius 3 is 1.94 bits per heavy atom. The van der Waals surface area contributed by atoms with Crippen LogP contribution in [0.25, 0.3) is 0 Å². The van der Waals surface area contributed by atoms with Gasteiger partial charge < -0.3 is 35.1 Å². The van der Waals surface area contributed by atoms with Gasteiger partial charge in [-0.3, -0.25) is 4.79 Å². The molecule has 256 valence electrons. The van der Waals surface area contributed by atoms with E-state index in [1.165, 1.54) is 0 Å². The van der Waals surface area contributed by atoms with Crippen LogP contribution in [0.15, 0.2) is 73.6 Å². The lowest BCUT2D eigenvalue weighted by molar-refractivity contribution is -0.124. The minimum atomic E-state index is -0.569. The molecule has 1 saturated heterocycles. The van der Waals surface area contributed by atoms with E-state index in [1.54, 1.807) is 29.6 Å². The summed E-state index contributed by atoms with van der Waals surface area (Å²) in [5, 5.41) is 23.8. The van der Waals surface area contributed by atoms with E-state index in [9.17, 15) is 9.59 Å². The fraction of sp³-hybridized carbons (Fsp3) is 0.389.